The van der Waals surface area contributed by atoms with Crippen LogP contribution in [0.15, 0.2) is 23.1 Å². The molecule has 0 aromatic carbocycles. The molecular weight excluding hydrogens is 274 g/mol. The average molecular weight is 295 g/mol. The number of thiocarbonyl (C=S) groups is 1. The van der Waals surface area contributed by atoms with Crippen molar-refractivity contribution < 1.29 is 4.79 Å². The lowest BCUT2D eigenvalue weighted by Crippen LogP contribution is -2.29. The fourth-order valence-corrected chi connectivity index (χ4v) is 3.78. The largest absolute Gasteiger partial charge is 0.293 e. The Morgan fingerprint density at radius 1 is 1.47 bits per heavy atom. The summed E-state index contributed by atoms with van der Waals surface area (Å²) >= 11 is 6.80. The Bertz CT molecular complexity index is 414. The molecule has 0 bridgehead atoms. The molecule has 1 fully saturated rings. The number of rotatable bonds is 5. The summed E-state index contributed by atoms with van der Waals surface area (Å²) in [4.78, 5) is 14.9. The summed E-state index contributed by atoms with van der Waals surface area (Å²) in [7, 11) is 0. The summed E-state index contributed by atoms with van der Waals surface area (Å²) in [5.74, 6) is 0.635. The molecule has 1 aliphatic heterocycles. The van der Waals surface area contributed by atoms with Crippen molar-refractivity contribution in [1.29, 1.82) is 0 Å². The molecule has 1 aliphatic carbocycles. The highest BCUT2D eigenvalue weighted by Crippen LogP contribution is 2.34. The van der Waals surface area contributed by atoms with Gasteiger partial charge in [0.15, 0.2) is 0 Å². The molecule has 4 heteroatoms. The van der Waals surface area contributed by atoms with Gasteiger partial charge in [0, 0.05) is 6.54 Å². The SMILES string of the molecule is CCCCCN1C(=O)/C(=C/[C@@H]2CC=CCC2)SC1=S. The number of carbonyl (C=O) groups excluding carboxylic acids is 1. The first kappa shape index (κ1) is 14.8. The smallest absolute Gasteiger partial charge is 0.265 e. The number of allylic oxidation sites excluding steroid dienone is 3. The van der Waals surface area contributed by atoms with Crippen molar-refractivity contribution in [3.63, 3.8) is 0 Å². The highest BCUT2D eigenvalue weighted by Gasteiger charge is 2.31. The van der Waals surface area contributed by atoms with Crippen LogP contribution in [0.5, 0.6) is 0 Å². The quantitative estimate of drug-likeness (QED) is 0.327. The summed E-state index contributed by atoms with van der Waals surface area (Å²) < 4.78 is 0.735. The third-order valence-electron chi connectivity index (χ3n) is 3.56. The van der Waals surface area contributed by atoms with Crippen molar-refractivity contribution in [2.45, 2.75) is 45.4 Å². The van der Waals surface area contributed by atoms with Gasteiger partial charge in [-0.1, -0.05) is 62.0 Å². The normalized spacial score (nSPS) is 25.6. The molecule has 1 saturated heterocycles. The minimum Gasteiger partial charge on any atom is -0.293 e. The van der Waals surface area contributed by atoms with Crippen molar-refractivity contribution >= 4 is 34.2 Å². The van der Waals surface area contributed by atoms with Gasteiger partial charge in [-0.25, -0.2) is 0 Å². The van der Waals surface area contributed by atoms with Gasteiger partial charge in [-0.2, -0.15) is 0 Å². The van der Waals surface area contributed by atoms with Crippen LogP contribution in [0.1, 0.15) is 45.4 Å². The predicted octanol–water partition coefficient (Wildman–Crippen LogP) is 4.28. The van der Waals surface area contributed by atoms with Crippen molar-refractivity contribution in [1.82, 2.24) is 4.90 Å². The Morgan fingerprint density at radius 3 is 3.00 bits per heavy atom. The van der Waals surface area contributed by atoms with Gasteiger partial charge in [-0.05, 0) is 31.6 Å². The molecule has 0 unspecified atom stereocenters. The van der Waals surface area contributed by atoms with Crippen LogP contribution < -0.4 is 0 Å². The number of hydrogen-bond donors (Lipinski definition) is 0. The summed E-state index contributed by atoms with van der Waals surface area (Å²) in [6, 6.07) is 0. The standard InChI is InChI=1S/C15H21NOS2/c1-2-3-7-10-16-14(17)13(19-15(16)18)11-12-8-5-4-6-9-12/h4-5,11-12H,2-3,6-10H2,1H3/b13-11-/t12-/m1/s1. The molecule has 1 heterocycles. The summed E-state index contributed by atoms with van der Waals surface area (Å²) in [6.45, 7) is 2.95. The first-order valence-corrected chi connectivity index (χ1v) is 8.35. The first-order valence-electron chi connectivity index (χ1n) is 7.13. The monoisotopic (exact) mass is 295 g/mol. The lowest BCUT2D eigenvalue weighted by Gasteiger charge is -2.15. The third-order valence-corrected chi connectivity index (χ3v) is 4.95. The van der Waals surface area contributed by atoms with E-state index in [4.69, 9.17) is 12.2 Å². The van der Waals surface area contributed by atoms with Crippen molar-refractivity contribution in [3.8, 4) is 0 Å². The maximum atomic E-state index is 12.3. The molecular formula is C15H21NOS2. The molecule has 104 valence electrons. The van der Waals surface area contributed by atoms with Gasteiger partial charge in [-0.15, -0.1) is 0 Å². The number of amides is 1. The Balaban J connectivity index is 1.96. The zero-order chi connectivity index (χ0) is 13.7. The van der Waals surface area contributed by atoms with E-state index in [1.54, 1.807) is 4.90 Å². The topological polar surface area (TPSA) is 20.3 Å². The molecule has 2 rings (SSSR count). The lowest BCUT2D eigenvalue weighted by atomic mass is 9.94. The van der Waals surface area contributed by atoms with Crippen LogP contribution in [0, 0.1) is 5.92 Å². The second-order valence-corrected chi connectivity index (χ2v) is 6.78. The molecule has 0 aromatic heterocycles. The number of nitrogens with zero attached hydrogens (tertiary/aromatic N) is 1. The Hall–Kier alpha value is -0.610. The fourth-order valence-electron chi connectivity index (χ4n) is 2.41. The zero-order valence-electron chi connectivity index (χ0n) is 11.4. The summed E-state index contributed by atoms with van der Waals surface area (Å²) in [5.41, 5.74) is 0. The number of thioether (sulfide) groups is 1. The van der Waals surface area contributed by atoms with E-state index in [1.165, 1.54) is 18.2 Å². The van der Waals surface area contributed by atoms with E-state index < -0.39 is 0 Å². The van der Waals surface area contributed by atoms with Crippen LogP contribution in [-0.4, -0.2) is 21.7 Å². The van der Waals surface area contributed by atoms with Gasteiger partial charge in [0.2, 0.25) is 0 Å². The number of unbranched alkanes of at least 4 members (excludes halogenated alkanes) is 2. The average Bonchev–Trinajstić information content (AvgIpc) is 2.68. The van der Waals surface area contributed by atoms with Crippen LogP contribution in [0.4, 0.5) is 0 Å². The number of carbonyl (C=O) groups is 1. The Labute approximate surface area is 125 Å². The third kappa shape index (κ3) is 3.93. The van der Waals surface area contributed by atoms with Gasteiger partial charge in [0.25, 0.3) is 5.91 Å². The van der Waals surface area contributed by atoms with E-state index >= 15 is 0 Å². The second-order valence-electron chi connectivity index (χ2n) is 5.11. The molecule has 2 nitrogen and oxygen atoms in total. The van der Waals surface area contributed by atoms with Gasteiger partial charge >= 0.3 is 0 Å². The maximum absolute atomic E-state index is 12.3. The minimum atomic E-state index is 0.126. The molecule has 19 heavy (non-hydrogen) atoms. The fraction of sp³-hybridized carbons (Fsp3) is 0.600. The van der Waals surface area contributed by atoms with Crippen molar-refractivity contribution in [3.05, 3.63) is 23.1 Å². The summed E-state index contributed by atoms with van der Waals surface area (Å²) in [6.07, 6.45) is 13.3. The Kier molecular flexibility index (Phi) is 5.64. The highest BCUT2D eigenvalue weighted by atomic mass is 32.2. The summed E-state index contributed by atoms with van der Waals surface area (Å²) in [5, 5.41) is 0. The molecule has 2 aliphatic rings. The molecule has 1 amide bonds. The van der Waals surface area contributed by atoms with Gasteiger partial charge < -0.3 is 0 Å². The van der Waals surface area contributed by atoms with Gasteiger partial charge in [0.1, 0.15) is 4.32 Å². The molecule has 0 aromatic rings. The molecule has 1 atom stereocenters. The molecule has 0 N–H and O–H groups in total. The first-order chi connectivity index (χ1) is 9.22. The molecule has 0 radical (unpaired) electrons. The van der Waals surface area contributed by atoms with E-state index in [0.717, 1.165) is 47.9 Å². The molecule has 0 spiro atoms. The van der Waals surface area contributed by atoms with Crippen LogP contribution in [0.25, 0.3) is 0 Å². The van der Waals surface area contributed by atoms with Gasteiger partial charge in [0.05, 0.1) is 4.91 Å². The zero-order valence-corrected chi connectivity index (χ0v) is 13.1. The van der Waals surface area contributed by atoms with Crippen LogP contribution in [0.3, 0.4) is 0 Å². The minimum absolute atomic E-state index is 0.126. The van der Waals surface area contributed by atoms with Crippen LogP contribution in [-0.2, 0) is 4.79 Å². The second kappa shape index (κ2) is 7.25. The van der Waals surface area contributed by atoms with Gasteiger partial charge in [-0.3, -0.25) is 9.69 Å². The highest BCUT2D eigenvalue weighted by molar-refractivity contribution is 8.26. The molecule has 0 saturated carbocycles. The van der Waals surface area contributed by atoms with E-state index in [-0.39, 0.29) is 5.91 Å². The van der Waals surface area contributed by atoms with Crippen molar-refractivity contribution in [2.24, 2.45) is 5.92 Å². The van der Waals surface area contributed by atoms with Crippen LogP contribution in [0.2, 0.25) is 0 Å². The van der Waals surface area contributed by atoms with E-state index in [0.29, 0.717) is 5.92 Å². The maximum Gasteiger partial charge on any atom is 0.265 e. The Morgan fingerprint density at radius 2 is 2.32 bits per heavy atom. The lowest BCUT2D eigenvalue weighted by molar-refractivity contribution is -0.122. The van der Waals surface area contributed by atoms with E-state index in [2.05, 4.69) is 25.2 Å². The predicted molar refractivity (Wildman–Crippen MR) is 86.0 cm³/mol. The number of hydrogen-bond acceptors (Lipinski definition) is 3. The van der Waals surface area contributed by atoms with Crippen molar-refractivity contribution in [2.75, 3.05) is 6.54 Å². The van der Waals surface area contributed by atoms with E-state index in [9.17, 15) is 4.79 Å². The van der Waals surface area contributed by atoms with E-state index in [1.807, 2.05) is 0 Å². The van der Waals surface area contributed by atoms with Crippen LogP contribution >= 0.6 is 24.0 Å².